The molecule has 0 saturated carbocycles. The molecule has 4 heteroatoms. The van der Waals surface area contributed by atoms with Crippen LogP contribution in [0.2, 0.25) is 0 Å². The van der Waals surface area contributed by atoms with Crippen LogP contribution < -0.4 is 0 Å². The zero-order valence-corrected chi connectivity index (χ0v) is 13.1. The highest BCUT2D eigenvalue weighted by Crippen LogP contribution is 2.15. The van der Waals surface area contributed by atoms with Gasteiger partial charge in [-0.1, -0.05) is 41.2 Å². The average Bonchev–Trinajstić information content (AvgIpc) is 2.21. The van der Waals surface area contributed by atoms with Gasteiger partial charge < -0.3 is 5.11 Å². The molecule has 3 nitrogen and oxygen atoms in total. The molecular formula is C13H26NO2P. The van der Waals surface area contributed by atoms with Crippen LogP contribution in [-0.2, 0) is 4.79 Å². The van der Waals surface area contributed by atoms with E-state index in [-0.39, 0.29) is 5.71 Å². The van der Waals surface area contributed by atoms with Crippen molar-refractivity contribution >= 4 is 25.8 Å². The van der Waals surface area contributed by atoms with Gasteiger partial charge in [0.05, 0.1) is 0 Å². The van der Waals surface area contributed by atoms with Crippen molar-refractivity contribution in [2.75, 3.05) is 7.05 Å². The van der Waals surface area contributed by atoms with Crippen molar-refractivity contribution in [3.8, 4) is 0 Å². The molecule has 17 heavy (non-hydrogen) atoms. The number of hydrogen-bond acceptors (Lipinski definition) is 2. The van der Waals surface area contributed by atoms with Gasteiger partial charge in [0.15, 0.2) is 0 Å². The first-order valence-electron chi connectivity index (χ1n) is 5.55. The molecule has 0 unspecified atom stereocenters. The third-order valence-corrected chi connectivity index (χ3v) is 2.53. The Labute approximate surface area is 108 Å². The fourth-order valence-electron chi connectivity index (χ4n) is 0.274. The first-order valence-corrected chi connectivity index (χ1v) is 6.05. The highest BCUT2D eigenvalue weighted by atomic mass is 31.0. The number of rotatable bonds is 2. The SMILES string of the molecule is C=CC(=NC)C(=O)O.CC.CC(=P)C(C)(C)C. The van der Waals surface area contributed by atoms with Crippen molar-refractivity contribution < 1.29 is 9.90 Å². The molecule has 0 saturated heterocycles. The average molecular weight is 259 g/mol. The lowest BCUT2D eigenvalue weighted by atomic mass is 9.93. The molecule has 0 rings (SSSR count). The Balaban J connectivity index is -0.000000202. The maximum absolute atomic E-state index is 9.96. The van der Waals surface area contributed by atoms with Gasteiger partial charge in [0.2, 0.25) is 0 Å². The van der Waals surface area contributed by atoms with Crippen molar-refractivity contribution in [3.05, 3.63) is 12.7 Å². The maximum Gasteiger partial charge on any atom is 0.353 e. The molecule has 0 aromatic carbocycles. The van der Waals surface area contributed by atoms with E-state index in [9.17, 15) is 4.79 Å². The summed E-state index contributed by atoms with van der Waals surface area (Å²) in [6.07, 6.45) is 1.20. The van der Waals surface area contributed by atoms with Gasteiger partial charge >= 0.3 is 5.97 Å². The van der Waals surface area contributed by atoms with E-state index in [1.807, 2.05) is 13.8 Å². The standard InChI is InChI=1S/C6H13P.C5H7NO2.C2H6/c1-5(7)6(2,3)4;1-3-4(6-2)5(7)8;1-2/h7H,1-4H3;3H,1H2,2H3,(H,7,8);1-2H3. The zero-order valence-electron chi connectivity index (χ0n) is 12.1. The van der Waals surface area contributed by atoms with Gasteiger partial charge in [-0.05, 0) is 23.7 Å². The third-order valence-electron chi connectivity index (χ3n) is 1.78. The molecule has 0 heterocycles. The molecule has 0 aromatic rings. The summed E-state index contributed by atoms with van der Waals surface area (Å²) in [6, 6.07) is 0. The lowest BCUT2D eigenvalue weighted by Crippen LogP contribution is -2.13. The molecule has 0 bridgehead atoms. The smallest absolute Gasteiger partial charge is 0.353 e. The Morgan fingerprint density at radius 1 is 1.35 bits per heavy atom. The van der Waals surface area contributed by atoms with E-state index in [4.69, 9.17) is 5.11 Å². The largest absolute Gasteiger partial charge is 0.477 e. The summed E-state index contributed by atoms with van der Waals surface area (Å²) >= 11 is 0. The second-order valence-electron chi connectivity index (χ2n) is 3.99. The molecule has 0 fully saturated rings. The van der Waals surface area contributed by atoms with Gasteiger partial charge in [0.25, 0.3) is 0 Å². The second-order valence-corrected chi connectivity index (χ2v) is 4.74. The highest BCUT2D eigenvalue weighted by molar-refractivity contribution is 7.21. The number of carboxylic acid groups (broad SMARTS) is 1. The van der Waals surface area contributed by atoms with Crippen molar-refractivity contribution in [2.24, 2.45) is 10.4 Å². The predicted molar refractivity (Wildman–Crippen MR) is 81.0 cm³/mol. The van der Waals surface area contributed by atoms with Crippen molar-refractivity contribution in [3.63, 3.8) is 0 Å². The molecular weight excluding hydrogens is 233 g/mol. The Bertz CT molecular complexity index is 276. The summed E-state index contributed by atoms with van der Waals surface area (Å²) in [4.78, 5) is 13.4. The number of aliphatic imine (C=N–C) groups is 1. The molecule has 0 amide bonds. The van der Waals surface area contributed by atoms with E-state index in [0.29, 0.717) is 5.41 Å². The number of aliphatic carboxylic acids is 1. The van der Waals surface area contributed by atoms with E-state index in [0.717, 1.165) is 0 Å². The first-order chi connectivity index (χ1) is 7.66. The molecule has 0 spiro atoms. The number of hydrogen-bond donors (Lipinski definition) is 1. The molecule has 0 aliphatic carbocycles. The summed E-state index contributed by atoms with van der Waals surface area (Å²) in [7, 11) is 4.87. The summed E-state index contributed by atoms with van der Waals surface area (Å²) in [5.74, 6) is -1.04. The summed E-state index contributed by atoms with van der Waals surface area (Å²) in [5, 5.41) is 9.47. The maximum atomic E-state index is 9.96. The Morgan fingerprint density at radius 2 is 1.65 bits per heavy atom. The topological polar surface area (TPSA) is 49.7 Å². The van der Waals surface area contributed by atoms with Crippen LogP contribution in [0.3, 0.4) is 0 Å². The van der Waals surface area contributed by atoms with E-state index in [1.165, 1.54) is 18.4 Å². The minimum Gasteiger partial charge on any atom is -0.477 e. The van der Waals surface area contributed by atoms with Crippen LogP contribution in [0.5, 0.6) is 0 Å². The van der Waals surface area contributed by atoms with Gasteiger partial charge in [0.1, 0.15) is 5.71 Å². The Morgan fingerprint density at radius 3 is 1.65 bits per heavy atom. The van der Waals surface area contributed by atoms with Crippen LogP contribution in [0, 0.1) is 5.41 Å². The van der Waals surface area contributed by atoms with Crippen LogP contribution in [0.15, 0.2) is 17.6 Å². The number of nitrogens with zero attached hydrogens (tertiary/aromatic N) is 1. The van der Waals surface area contributed by atoms with Gasteiger partial charge in [-0.2, -0.15) is 0 Å². The molecule has 0 aromatic heterocycles. The van der Waals surface area contributed by atoms with Crippen LogP contribution in [0.4, 0.5) is 0 Å². The van der Waals surface area contributed by atoms with E-state index >= 15 is 0 Å². The molecule has 0 aliphatic rings. The normalized spacial score (nSPS) is 10.2. The van der Waals surface area contributed by atoms with Crippen molar-refractivity contribution in [1.29, 1.82) is 0 Å². The molecule has 0 radical (unpaired) electrons. The van der Waals surface area contributed by atoms with E-state index in [1.54, 1.807) is 0 Å². The van der Waals surface area contributed by atoms with Crippen molar-refractivity contribution in [2.45, 2.75) is 41.5 Å². The molecule has 100 valence electrons. The van der Waals surface area contributed by atoms with Gasteiger partial charge in [-0.25, -0.2) is 4.79 Å². The minimum absolute atomic E-state index is 0.00926. The van der Waals surface area contributed by atoms with Crippen LogP contribution >= 0.6 is 8.86 Å². The lowest BCUT2D eigenvalue weighted by molar-refractivity contribution is -0.129. The van der Waals surface area contributed by atoms with Crippen molar-refractivity contribution in [1.82, 2.24) is 0 Å². The Kier molecular flexibility index (Phi) is 14.5. The van der Waals surface area contributed by atoms with E-state index < -0.39 is 5.97 Å². The van der Waals surface area contributed by atoms with Crippen LogP contribution in [0.25, 0.3) is 0 Å². The minimum atomic E-state index is -1.04. The van der Waals surface area contributed by atoms with Gasteiger partial charge in [0, 0.05) is 7.05 Å². The lowest BCUT2D eigenvalue weighted by Gasteiger charge is -2.16. The van der Waals surface area contributed by atoms with E-state index in [2.05, 4.69) is 48.1 Å². The summed E-state index contributed by atoms with van der Waals surface area (Å²) < 4.78 is 0. The summed E-state index contributed by atoms with van der Waals surface area (Å²) in [5.41, 5.74) is 0.321. The molecule has 0 aliphatic heterocycles. The number of carboxylic acids is 1. The molecule has 1 N–H and O–H groups in total. The third kappa shape index (κ3) is 15.1. The van der Waals surface area contributed by atoms with Gasteiger partial charge in [-0.15, -0.1) is 8.86 Å². The zero-order chi connectivity index (χ0) is 14.6. The second kappa shape index (κ2) is 11.5. The van der Waals surface area contributed by atoms with Crippen LogP contribution in [0.1, 0.15) is 41.5 Å². The summed E-state index contributed by atoms with van der Waals surface area (Å²) in [6.45, 7) is 15.8. The Hall–Kier alpha value is -0.950. The first kappa shape index (κ1) is 21.3. The molecule has 0 atom stereocenters. The fraction of sp³-hybridized carbons (Fsp3) is 0.615. The predicted octanol–water partition coefficient (Wildman–Crippen LogP) is 3.72. The van der Waals surface area contributed by atoms with Gasteiger partial charge in [-0.3, -0.25) is 4.99 Å². The highest BCUT2D eigenvalue weighted by Gasteiger charge is 2.09. The number of carbonyl (C=O) groups is 1. The monoisotopic (exact) mass is 259 g/mol. The fourth-order valence-corrected chi connectivity index (χ4v) is 0.274. The quantitative estimate of drug-likeness (QED) is 0.607. The van der Waals surface area contributed by atoms with Crippen LogP contribution in [-0.4, -0.2) is 29.1 Å².